The minimum Gasteiger partial charge on any atom is -0.399 e. The van der Waals surface area contributed by atoms with Crippen molar-refractivity contribution in [3.8, 4) is 0 Å². The van der Waals surface area contributed by atoms with Crippen molar-refractivity contribution in [2.75, 3.05) is 37.3 Å². The highest BCUT2D eigenvalue weighted by Gasteiger charge is 2.24. The molecule has 0 saturated carbocycles. The van der Waals surface area contributed by atoms with Crippen molar-refractivity contribution < 1.29 is 9.53 Å². The van der Waals surface area contributed by atoms with Crippen LogP contribution in [0.2, 0.25) is 0 Å². The van der Waals surface area contributed by atoms with Gasteiger partial charge >= 0.3 is 0 Å². The van der Waals surface area contributed by atoms with E-state index in [2.05, 4.69) is 4.90 Å². The average molecular weight is 277 g/mol. The number of hydrogen-bond donors (Lipinski definition) is 1. The van der Waals surface area contributed by atoms with Crippen molar-refractivity contribution >= 4 is 17.3 Å². The molecule has 20 heavy (non-hydrogen) atoms. The number of morpholine rings is 1. The maximum absolute atomic E-state index is 12.3. The van der Waals surface area contributed by atoms with E-state index in [1.165, 1.54) is 0 Å². The number of carbonyl (C=O) groups excluding carboxylic acids is 1. The highest BCUT2D eigenvalue weighted by molar-refractivity contribution is 5.94. The third-order valence-corrected chi connectivity index (χ3v) is 3.51. The summed E-state index contributed by atoms with van der Waals surface area (Å²) in [6.07, 6.45) is 0.349. The fourth-order valence-electron chi connectivity index (χ4n) is 2.55. The van der Waals surface area contributed by atoms with E-state index in [0.29, 0.717) is 12.2 Å². The Labute approximate surface area is 120 Å². The monoisotopic (exact) mass is 277 g/mol. The molecule has 1 aliphatic rings. The van der Waals surface area contributed by atoms with Crippen LogP contribution in [0.15, 0.2) is 24.3 Å². The second kappa shape index (κ2) is 6.24. The fourth-order valence-corrected chi connectivity index (χ4v) is 2.55. The summed E-state index contributed by atoms with van der Waals surface area (Å²) in [6, 6.07) is 7.32. The number of nitrogen functional groups attached to an aromatic ring is 1. The van der Waals surface area contributed by atoms with Crippen molar-refractivity contribution in [2.45, 2.75) is 26.1 Å². The lowest BCUT2D eigenvalue weighted by molar-refractivity contribution is -0.123. The van der Waals surface area contributed by atoms with Gasteiger partial charge in [-0.1, -0.05) is 0 Å². The molecule has 5 nitrogen and oxygen atoms in total. The van der Waals surface area contributed by atoms with Gasteiger partial charge in [-0.05, 0) is 38.1 Å². The molecule has 5 heteroatoms. The summed E-state index contributed by atoms with van der Waals surface area (Å²) in [4.78, 5) is 16.1. The summed E-state index contributed by atoms with van der Waals surface area (Å²) in [7, 11) is 1.79. The van der Waals surface area contributed by atoms with Crippen LogP contribution in [0, 0.1) is 0 Å². The first-order chi connectivity index (χ1) is 9.45. The molecule has 0 spiro atoms. The SMILES string of the molecule is C[C@@H]1CN(CC(=O)N(C)c2ccc(N)cc2)C[C@H](C)O1. The second-order valence-electron chi connectivity index (χ2n) is 5.50. The molecular weight excluding hydrogens is 254 g/mol. The van der Waals surface area contributed by atoms with Gasteiger partial charge < -0.3 is 15.4 Å². The van der Waals surface area contributed by atoms with E-state index >= 15 is 0 Å². The number of hydrogen-bond acceptors (Lipinski definition) is 4. The van der Waals surface area contributed by atoms with Gasteiger partial charge in [-0.2, -0.15) is 0 Å². The van der Waals surface area contributed by atoms with Crippen LogP contribution in [0.25, 0.3) is 0 Å². The van der Waals surface area contributed by atoms with Crippen LogP contribution in [-0.4, -0.2) is 49.7 Å². The Morgan fingerprint density at radius 2 is 1.85 bits per heavy atom. The van der Waals surface area contributed by atoms with Crippen molar-refractivity contribution in [3.05, 3.63) is 24.3 Å². The zero-order valence-electron chi connectivity index (χ0n) is 12.4. The molecular formula is C15H23N3O2. The number of carbonyl (C=O) groups is 1. The number of likely N-dealkylation sites (N-methyl/N-ethyl adjacent to an activating group) is 1. The smallest absolute Gasteiger partial charge is 0.240 e. The van der Waals surface area contributed by atoms with E-state index in [9.17, 15) is 4.79 Å². The first-order valence-electron chi connectivity index (χ1n) is 6.95. The Balaban J connectivity index is 1.95. The number of ether oxygens (including phenoxy) is 1. The van der Waals surface area contributed by atoms with Crippen molar-refractivity contribution in [2.24, 2.45) is 0 Å². The van der Waals surface area contributed by atoms with E-state index in [-0.39, 0.29) is 18.1 Å². The van der Waals surface area contributed by atoms with Gasteiger partial charge in [-0.15, -0.1) is 0 Å². The number of rotatable bonds is 3. The van der Waals surface area contributed by atoms with Gasteiger partial charge in [0.1, 0.15) is 0 Å². The largest absolute Gasteiger partial charge is 0.399 e. The highest BCUT2D eigenvalue weighted by atomic mass is 16.5. The summed E-state index contributed by atoms with van der Waals surface area (Å²) >= 11 is 0. The van der Waals surface area contributed by atoms with Crippen LogP contribution in [0.3, 0.4) is 0 Å². The number of anilines is 2. The number of amides is 1. The summed E-state index contributed by atoms with van der Waals surface area (Å²) < 4.78 is 5.68. The standard InChI is InChI=1S/C15H23N3O2/c1-11-8-18(9-12(2)20-11)10-15(19)17(3)14-6-4-13(16)5-7-14/h4-7,11-12H,8-10,16H2,1-3H3/t11-,12+. The third kappa shape index (κ3) is 3.71. The molecule has 2 N–H and O–H groups in total. The number of benzene rings is 1. The van der Waals surface area contributed by atoms with Crippen LogP contribution in [-0.2, 0) is 9.53 Å². The lowest BCUT2D eigenvalue weighted by Crippen LogP contribution is -2.49. The predicted octanol–water partition coefficient (Wildman–Crippen LogP) is 1.34. The summed E-state index contributed by atoms with van der Waals surface area (Å²) in [5.74, 6) is 0.0797. The number of nitrogens with two attached hydrogens (primary N) is 1. The molecule has 110 valence electrons. The van der Waals surface area contributed by atoms with E-state index in [4.69, 9.17) is 10.5 Å². The van der Waals surface area contributed by atoms with Gasteiger partial charge in [0.25, 0.3) is 0 Å². The van der Waals surface area contributed by atoms with Crippen LogP contribution < -0.4 is 10.6 Å². The van der Waals surface area contributed by atoms with Gasteiger partial charge in [-0.3, -0.25) is 9.69 Å². The lowest BCUT2D eigenvalue weighted by atomic mass is 10.2. The molecule has 1 saturated heterocycles. The molecule has 0 bridgehead atoms. The minimum absolute atomic E-state index is 0.0797. The first kappa shape index (κ1) is 14.8. The zero-order valence-corrected chi connectivity index (χ0v) is 12.4. The Morgan fingerprint density at radius 3 is 2.40 bits per heavy atom. The maximum Gasteiger partial charge on any atom is 0.240 e. The second-order valence-corrected chi connectivity index (χ2v) is 5.50. The molecule has 0 aliphatic carbocycles. The molecule has 0 aromatic heterocycles. The van der Waals surface area contributed by atoms with E-state index in [1.54, 1.807) is 24.1 Å². The van der Waals surface area contributed by atoms with Crippen molar-refractivity contribution in [1.82, 2.24) is 4.90 Å². The Bertz CT molecular complexity index is 451. The fraction of sp³-hybridized carbons (Fsp3) is 0.533. The number of nitrogens with zero attached hydrogens (tertiary/aromatic N) is 2. The average Bonchev–Trinajstić information content (AvgIpc) is 2.37. The molecule has 0 radical (unpaired) electrons. The Hall–Kier alpha value is -1.59. The van der Waals surface area contributed by atoms with E-state index in [1.807, 2.05) is 26.0 Å². The van der Waals surface area contributed by atoms with Gasteiger partial charge in [-0.25, -0.2) is 0 Å². The van der Waals surface area contributed by atoms with Gasteiger partial charge in [0.2, 0.25) is 5.91 Å². The van der Waals surface area contributed by atoms with Crippen LogP contribution in [0.4, 0.5) is 11.4 Å². The molecule has 0 unspecified atom stereocenters. The Morgan fingerprint density at radius 1 is 1.30 bits per heavy atom. The third-order valence-electron chi connectivity index (χ3n) is 3.51. The van der Waals surface area contributed by atoms with Gasteiger partial charge in [0.15, 0.2) is 0 Å². The van der Waals surface area contributed by atoms with Gasteiger partial charge in [0.05, 0.1) is 18.8 Å². The summed E-state index contributed by atoms with van der Waals surface area (Å²) in [6.45, 7) is 6.09. The highest BCUT2D eigenvalue weighted by Crippen LogP contribution is 2.16. The molecule has 2 rings (SSSR count). The predicted molar refractivity (Wildman–Crippen MR) is 80.7 cm³/mol. The maximum atomic E-state index is 12.3. The topological polar surface area (TPSA) is 58.8 Å². The van der Waals surface area contributed by atoms with E-state index < -0.39 is 0 Å². The Kier molecular flexibility index (Phi) is 4.62. The minimum atomic E-state index is 0.0797. The molecule has 1 aromatic carbocycles. The van der Waals surface area contributed by atoms with Crippen LogP contribution in [0.5, 0.6) is 0 Å². The van der Waals surface area contributed by atoms with Crippen LogP contribution in [0.1, 0.15) is 13.8 Å². The molecule has 1 fully saturated rings. The molecule has 1 aliphatic heterocycles. The first-order valence-corrected chi connectivity index (χ1v) is 6.95. The summed E-state index contributed by atoms with van der Waals surface area (Å²) in [5, 5.41) is 0. The normalized spacial score (nSPS) is 23.6. The molecule has 1 heterocycles. The molecule has 1 amide bonds. The quantitative estimate of drug-likeness (QED) is 0.847. The van der Waals surface area contributed by atoms with Gasteiger partial charge in [0, 0.05) is 31.5 Å². The molecule has 1 aromatic rings. The van der Waals surface area contributed by atoms with Crippen molar-refractivity contribution in [1.29, 1.82) is 0 Å². The van der Waals surface area contributed by atoms with E-state index in [0.717, 1.165) is 18.8 Å². The summed E-state index contributed by atoms with van der Waals surface area (Å²) in [5.41, 5.74) is 7.22. The zero-order chi connectivity index (χ0) is 14.7. The lowest BCUT2D eigenvalue weighted by Gasteiger charge is -2.35. The molecule has 2 atom stereocenters. The van der Waals surface area contributed by atoms with Crippen LogP contribution >= 0.6 is 0 Å². The van der Waals surface area contributed by atoms with Crippen molar-refractivity contribution in [3.63, 3.8) is 0 Å².